The molecule has 0 saturated heterocycles. The summed E-state index contributed by atoms with van der Waals surface area (Å²) in [7, 11) is 0. The third kappa shape index (κ3) is 4.01. The zero-order valence-electron chi connectivity index (χ0n) is 17.2. The lowest BCUT2D eigenvalue weighted by molar-refractivity contribution is 0.475. The maximum atomic E-state index is 14.3. The van der Waals surface area contributed by atoms with Gasteiger partial charge in [0, 0.05) is 17.8 Å². The van der Waals surface area contributed by atoms with Crippen LogP contribution in [0.1, 0.15) is 0 Å². The van der Waals surface area contributed by atoms with E-state index in [1.165, 1.54) is 35.0 Å². The molecule has 0 spiro atoms. The van der Waals surface area contributed by atoms with Crippen LogP contribution in [-0.4, -0.2) is 29.7 Å². The number of benzene rings is 3. The summed E-state index contributed by atoms with van der Waals surface area (Å²) in [4.78, 5) is 13.0. The standard InChI is InChI=1S/C23H15F3N6O2/c24-12-9-17(25)20(18(26)10-12)30-23-29-19-11-27-22(28-13-1-5-15(33)6-2-13)31-21(19)32(23)14-3-7-16(34)8-4-14/h1-11,33-34H,(H,29,30)(H,27,28,31). The second kappa shape index (κ2) is 8.28. The molecule has 0 amide bonds. The van der Waals surface area contributed by atoms with Crippen LogP contribution in [0, 0.1) is 17.5 Å². The number of halogens is 3. The monoisotopic (exact) mass is 464 g/mol. The molecule has 11 heteroatoms. The van der Waals surface area contributed by atoms with Crippen LogP contribution in [0.5, 0.6) is 11.5 Å². The Morgan fingerprint density at radius 1 is 0.765 bits per heavy atom. The second-order valence-corrected chi connectivity index (χ2v) is 7.23. The van der Waals surface area contributed by atoms with Crippen LogP contribution in [0.4, 0.5) is 36.4 Å². The van der Waals surface area contributed by atoms with Gasteiger partial charge in [-0.1, -0.05) is 0 Å². The predicted molar refractivity (Wildman–Crippen MR) is 119 cm³/mol. The van der Waals surface area contributed by atoms with E-state index >= 15 is 0 Å². The summed E-state index contributed by atoms with van der Waals surface area (Å²) < 4.78 is 43.4. The first-order valence-corrected chi connectivity index (χ1v) is 9.90. The highest BCUT2D eigenvalue weighted by Gasteiger charge is 2.19. The van der Waals surface area contributed by atoms with Crippen LogP contribution in [-0.2, 0) is 0 Å². The number of hydrogen-bond donors (Lipinski definition) is 4. The molecule has 5 rings (SSSR count). The van der Waals surface area contributed by atoms with Crippen LogP contribution in [0.2, 0.25) is 0 Å². The number of nitrogens with one attached hydrogen (secondary N) is 2. The molecule has 170 valence electrons. The third-order valence-electron chi connectivity index (χ3n) is 4.88. The van der Waals surface area contributed by atoms with Crippen LogP contribution in [0.15, 0.2) is 66.9 Å². The summed E-state index contributed by atoms with van der Waals surface area (Å²) in [6, 6.07) is 13.4. The number of hydrogen-bond acceptors (Lipinski definition) is 7. The van der Waals surface area contributed by atoms with Crippen LogP contribution >= 0.6 is 0 Å². The van der Waals surface area contributed by atoms with Gasteiger partial charge in [0.25, 0.3) is 0 Å². The average Bonchev–Trinajstić information content (AvgIpc) is 3.16. The number of phenolic OH excluding ortho intramolecular Hbond substituents is 2. The summed E-state index contributed by atoms with van der Waals surface area (Å²) in [5.74, 6) is -3.02. The maximum absolute atomic E-state index is 14.3. The van der Waals surface area contributed by atoms with Gasteiger partial charge in [0.1, 0.15) is 28.5 Å². The largest absolute Gasteiger partial charge is 0.508 e. The minimum atomic E-state index is -1.14. The van der Waals surface area contributed by atoms with Crippen molar-refractivity contribution in [3.05, 3.63) is 84.3 Å². The van der Waals surface area contributed by atoms with Crippen LogP contribution in [0.25, 0.3) is 16.9 Å². The van der Waals surface area contributed by atoms with E-state index < -0.39 is 23.1 Å². The smallest absolute Gasteiger partial charge is 0.229 e. The molecule has 0 saturated carbocycles. The van der Waals surface area contributed by atoms with Crippen molar-refractivity contribution in [2.75, 3.05) is 10.6 Å². The first-order chi connectivity index (χ1) is 16.4. The van der Waals surface area contributed by atoms with Gasteiger partial charge in [0.05, 0.1) is 11.9 Å². The number of phenols is 2. The lowest BCUT2D eigenvalue weighted by Crippen LogP contribution is -2.06. The zero-order chi connectivity index (χ0) is 23.8. The first-order valence-electron chi connectivity index (χ1n) is 9.90. The third-order valence-corrected chi connectivity index (χ3v) is 4.88. The molecular formula is C23H15F3N6O2. The van der Waals surface area contributed by atoms with E-state index in [4.69, 9.17) is 0 Å². The van der Waals surface area contributed by atoms with Gasteiger partial charge in [-0.15, -0.1) is 0 Å². The Morgan fingerprint density at radius 2 is 1.38 bits per heavy atom. The Kier molecular flexibility index (Phi) is 5.13. The Hall–Kier alpha value is -4.80. The molecule has 0 atom stereocenters. The van der Waals surface area contributed by atoms with E-state index in [1.807, 2.05) is 0 Å². The molecular weight excluding hydrogens is 449 g/mol. The van der Waals surface area contributed by atoms with Crippen molar-refractivity contribution in [2.45, 2.75) is 0 Å². The molecule has 4 N–H and O–H groups in total. The van der Waals surface area contributed by atoms with Crippen LogP contribution < -0.4 is 10.6 Å². The van der Waals surface area contributed by atoms with Crippen LogP contribution in [0.3, 0.4) is 0 Å². The molecule has 8 nitrogen and oxygen atoms in total. The summed E-state index contributed by atoms with van der Waals surface area (Å²) in [5.41, 5.74) is 1.08. The predicted octanol–water partition coefficient (Wildman–Crippen LogP) is 5.13. The Morgan fingerprint density at radius 3 is 2.03 bits per heavy atom. The first kappa shape index (κ1) is 21.1. The fraction of sp³-hybridized carbons (Fsp3) is 0. The van der Waals surface area contributed by atoms with Gasteiger partial charge in [-0.2, -0.15) is 4.98 Å². The lowest BCUT2D eigenvalue weighted by atomic mass is 10.2. The topological polar surface area (TPSA) is 108 Å². The molecule has 5 aromatic rings. The maximum Gasteiger partial charge on any atom is 0.229 e. The fourth-order valence-corrected chi connectivity index (χ4v) is 3.31. The number of nitrogens with zero attached hydrogens (tertiary/aromatic N) is 4. The number of aromatic hydroxyl groups is 2. The minimum absolute atomic E-state index is 0.0128. The minimum Gasteiger partial charge on any atom is -0.508 e. The van der Waals surface area contributed by atoms with Gasteiger partial charge >= 0.3 is 0 Å². The Bertz CT molecular complexity index is 1480. The van der Waals surface area contributed by atoms with Gasteiger partial charge in [0.15, 0.2) is 17.3 Å². The van der Waals surface area contributed by atoms with Crippen molar-refractivity contribution in [3.8, 4) is 17.2 Å². The van der Waals surface area contributed by atoms with E-state index in [-0.39, 0.29) is 29.0 Å². The molecule has 0 fully saturated rings. The number of rotatable bonds is 5. The van der Waals surface area contributed by atoms with E-state index in [2.05, 4.69) is 25.6 Å². The number of fused-ring (bicyclic) bond motifs is 1. The molecule has 3 aromatic carbocycles. The second-order valence-electron chi connectivity index (χ2n) is 7.23. The molecule has 0 aliphatic carbocycles. The summed E-state index contributed by atoms with van der Waals surface area (Å²) in [6.45, 7) is 0. The molecule has 2 aromatic heterocycles. The van der Waals surface area contributed by atoms with E-state index in [9.17, 15) is 23.4 Å². The van der Waals surface area contributed by atoms with Gasteiger partial charge in [0.2, 0.25) is 11.9 Å². The van der Waals surface area contributed by atoms with Gasteiger partial charge in [-0.05, 0) is 48.5 Å². The molecule has 0 bridgehead atoms. The number of imidazole rings is 1. The molecule has 0 aliphatic rings. The van der Waals surface area contributed by atoms with E-state index in [0.29, 0.717) is 29.0 Å². The normalized spacial score (nSPS) is 11.0. The van der Waals surface area contributed by atoms with Gasteiger partial charge in [-0.25, -0.2) is 23.1 Å². The van der Waals surface area contributed by atoms with E-state index in [0.717, 1.165) is 0 Å². The van der Waals surface area contributed by atoms with Crippen molar-refractivity contribution in [3.63, 3.8) is 0 Å². The summed E-state index contributed by atoms with van der Waals surface area (Å²) in [6.07, 6.45) is 1.42. The highest BCUT2D eigenvalue weighted by molar-refractivity contribution is 5.79. The van der Waals surface area contributed by atoms with Crippen molar-refractivity contribution in [1.82, 2.24) is 19.5 Å². The lowest BCUT2D eigenvalue weighted by Gasteiger charge is -2.12. The zero-order valence-corrected chi connectivity index (χ0v) is 17.2. The summed E-state index contributed by atoms with van der Waals surface area (Å²) >= 11 is 0. The van der Waals surface area contributed by atoms with Crippen molar-refractivity contribution in [1.29, 1.82) is 0 Å². The molecule has 0 unspecified atom stereocenters. The molecule has 0 aliphatic heterocycles. The quantitative estimate of drug-likeness (QED) is 0.267. The molecule has 2 heterocycles. The Balaban J connectivity index is 1.63. The highest BCUT2D eigenvalue weighted by atomic mass is 19.1. The van der Waals surface area contributed by atoms with Gasteiger partial charge in [-0.3, -0.25) is 4.57 Å². The van der Waals surface area contributed by atoms with E-state index in [1.54, 1.807) is 24.3 Å². The van der Waals surface area contributed by atoms with Gasteiger partial charge < -0.3 is 20.8 Å². The molecule has 0 radical (unpaired) electrons. The number of aromatic nitrogens is 4. The summed E-state index contributed by atoms with van der Waals surface area (Å²) in [5, 5.41) is 24.7. The fourth-order valence-electron chi connectivity index (χ4n) is 3.31. The Labute approximate surface area is 190 Å². The van der Waals surface area contributed by atoms with Crippen molar-refractivity contribution < 1.29 is 23.4 Å². The number of anilines is 4. The highest BCUT2D eigenvalue weighted by Crippen LogP contribution is 2.30. The molecule has 34 heavy (non-hydrogen) atoms. The van der Waals surface area contributed by atoms with Crippen molar-refractivity contribution in [2.24, 2.45) is 0 Å². The SMILES string of the molecule is Oc1ccc(Nc2ncc3nc(Nc4c(F)cc(F)cc4F)n(-c4ccc(O)cc4)c3n2)cc1. The van der Waals surface area contributed by atoms with Crippen molar-refractivity contribution >= 4 is 34.4 Å². The average molecular weight is 464 g/mol.